The van der Waals surface area contributed by atoms with Crippen LogP contribution < -0.4 is 16.7 Å². The number of nitrogens with zero attached hydrogens (tertiary/aromatic N) is 4. The number of hydroxylamine groups is 5. The summed E-state index contributed by atoms with van der Waals surface area (Å²) in [7, 11) is 0. The van der Waals surface area contributed by atoms with Crippen molar-refractivity contribution < 1.29 is 53.2 Å². The number of carboxylic acid groups (broad SMARTS) is 1. The molecule has 296 valence electrons. The molecule has 6 amide bonds. The highest BCUT2D eigenvalue weighted by molar-refractivity contribution is 5.88. The lowest BCUT2D eigenvalue weighted by Gasteiger charge is -2.29. The molecule has 0 radical (unpaired) electrons. The SMILES string of the molecule is NO[C@H]1CCC(=O)C1.O=C(O)[C@@H]1CC[C@@H]2CN1C(=O)N2OCc1ccccc1.O=C1C[C@@H](ONC(=O)[C@@H]2CC[C@@H]3CN2C(=O)N3OCc2ccccc2)CN1. The van der Waals surface area contributed by atoms with E-state index < -0.39 is 18.1 Å². The number of hydrogen-bond donors (Lipinski definition) is 4. The second-order valence-corrected chi connectivity index (χ2v) is 14.1. The Hall–Kier alpha value is -5.14. The number of hydrogen-bond acceptors (Lipinski definition) is 11. The summed E-state index contributed by atoms with van der Waals surface area (Å²) in [6.45, 7) is 1.88. The fourth-order valence-corrected chi connectivity index (χ4v) is 7.33. The van der Waals surface area contributed by atoms with Crippen LogP contribution >= 0.6 is 0 Å². The summed E-state index contributed by atoms with van der Waals surface area (Å²) < 4.78 is 0. The van der Waals surface area contributed by atoms with Crippen LogP contribution in [-0.2, 0) is 51.7 Å². The first-order valence-corrected chi connectivity index (χ1v) is 18.5. The van der Waals surface area contributed by atoms with Gasteiger partial charge in [-0.2, -0.15) is 10.1 Å². The zero-order valence-electron chi connectivity index (χ0n) is 30.3. The molecule has 0 unspecified atom stereocenters. The number of urea groups is 2. The topological polar surface area (TPSA) is 223 Å². The number of ketones is 1. The van der Waals surface area contributed by atoms with Crippen molar-refractivity contribution in [1.82, 2.24) is 30.7 Å². The maximum atomic E-state index is 12.7. The lowest BCUT2D eigenvalue weighted by molar-refractivity contribution is -0.144. The molecule has 5 heterocycles. The maximum Gasteiger partial charge on any atom is 0.345 e. The third-order valence-corrected chi connectivity index (χ3v) is 10.3. The number of carbonyl (C=O) groups excluding carboxylic acids is 5. The predicted molar refractivity (Wildman–Crippen MR) is 190 cm³/mol. The zero-order chi connectivity index (χ0) is 38.9. The van der Waals surface area contributed by atoms with Gasteiger partial charge >= 0.3 is 18.0 Å². The number of benzene rings is 2. The largest absolute Gasteiger partial charge is 0.480 e. The van der Waals surface area contributed by atoms with Gasteiger partial charge in [-0.15, -0.1) is 0 Å². The van der Waals surface area contributed by atoms with E-state index in [9.17, 15) is 28.8 Å². The van der Waals surface area contributed by atoms with Gasteiger partial charge in [0.2, 0.25) is 5.91 Å². The molecule has 5 saturated heterocycles. The number of carbonyl (C=O) groups is 6. The van der Waals surface area contributed by atoms with Gasteiger partial charge in [0.25, 0.3) is 5.91 Å². The second kappa shape index (κ2) is 18.5. The van der Waals surface area contributed by atoms with Crippen LogP contribution in [0.25, 0.3) is 0 Å². The minimum atomic E-state index is -0.943. The summed E-state index contributed by atoms with van der Waals surface area (Å²) in [4.78, 5) is 94.1. The molecule has 0 aromatic heterocycles. The molecular weight excluding hydrogens is 718 g/mol. The Morgan fingerprint density at radius 3 is 1.75 bits per heavy atom. The molecule has 55 heavy (non-hydrogen) atoms. The van der Waals surface area contributed by atoms with Crippen molar-refractivity contribution in [2.45, 2.75) is 101 Å². The molecular formula is C37H47N7O11. The summed E-state index contributed by atoms with van der Waals surface area (Å²) >= 11 is 0. The van der Waals surface area contributed by atoms with Crippen LogP contribution in [0.15, 0.2) is 60.7 Å². The van der Waals surface area contributed by atoms with Crippen molar-refractivity contribution in [2.75, 3.05) is 19.6 Å². The lowest BCUT2D eigenvalue weighted by atomic mass is 10.0. The smallest absolute Gasteiger partial charge is 0.345 e. The van der Waals surface area contributed by atoms with Gasteiger partial charge in [-0.05, 0) is 43.2 Å². The van der Waals surface area contributed by atoms with Crippen LogP contribution in [0.2, 0.25) is 0 Å². The highest BCUT2D eigenvalue weighted by Crippen LogP contribution is 2.32. The van der Waals surface area contributed by atoms with Crippen molar-refractivity contribution in [3.8, 4) is 0 Å². The molecule has 5 N–H and O–H groups in total. The van der Waals surface area contributed by atoms with Gasteiger partial charge in [-0.1, -0.05) is 60.7 Å². The Labute approximate surface area is 317 Å². The number of rotatable bonds is 11. The monoisotopic (exact) mass is 765 g/mol. The van der Waals surface area contributed by atoms with Crippen LogP contribution in [0.1, 0.15) is 62.5 Å². The second-order valence-electron chi connectivity index (χ2n) is 14.1. The summed E-state index contributed by atoms with van der Waals surface area (Å²) in [6, 6.07) is 17.2. The first-order valence-electron chi connectivity index (χ1n) is 18.5. The van der Waals surface area contributed by atoms with Gasteiger partial charge in [0.1, 0.15) is 37.2 Å². The molecule has 2 aromatic carbocycles. The summed E-state index contributed by atoms with van der Waals surface area (Å²) in [5, 5.41) is 14.5. The first-order chi connectivity index (χ1) is 26.6. The first kappa shape index (κ1) is 39.6. The van der Waals surface area contributed by atoms with Gasteiger partial charge in [0.15, 0.2) is 0 Å². The van der Waals surface area contributed by atoms with E-state index in [0.29, 0.717) is 71.4 Å². The molecule has 6 atom stereocenters. The fraction of sp³-hybridized carbons (Fsp3) is 0.514. The molecule has 1 aliphatic carbocycles. The highest BCUT2D eigenvalue weighted by Gasteiger charge is 2.49. The van der Waals surface area contributed by atoms with Gasteiger partial charge in [-0.3, -0.25) is 28.9 Å². The number of fused-ring (bicyclic) bond motifs is 4. The average Bonchev–Trinajstić information content (AvgIpc) is 3.95. The minimum absolute atomic E-state index is 0.00231. The molecule has 6 fully saturated rings. The number of nitrogens with two attached hydrogens (primary N) is 1. The number of nitrogens with one attached hydrogen (secondary N) is 2. The van der Waals surface area contributed by atoms with Crippen LogP contribution in [0.3, 0.4) is 0 Å². The Kier molecular flexibility index (Phi) is 13.3. The number of piperidine rings is 2. The standard InChI is InChI=1S/C18H22N4O5.C14H16N2O4.C5H9NO2/c23-16-8-14(9-19-16)27-20-17(24)15-7-6-13-10-21(15)18(25)22(13)26-11-12-4-2-1-3-5-12;17-13(18)12-7-6-11-8-15(12)14(19)16(11)20-9-10-4-2-1-3-5-10;6-8-5-2-1-4(7)3-5/h1-5,13-15H,6-11H2,(H,19,23)(H,20,24);1-5,11-12H,6-9H2,(H,17,18);5H,1-3,6H2/t13-,14-,15+;11-,12+;5-/m110/s1. The molecule has 2 aromatic rings. The van der Waals surface area contributed by atoms with E-state index >= 15 is 0 Å². The van der Waals surface area contributed by atoms with Gasteiger partial charge in [0.05, 0.1) is 24.6 Å². The molecule has 18 heteroatoms. The summed E-state index contributed by atoms with van der Waals surface area (Å²) in [6.07, 6.45) is 4.16. The molecule has 1 saturated carbocycles. The van der Waals surface area contributed by atoms with Gasteiger partial charge < -0.3 is 25.1 Å². The van der Waals surface area contributed by atoms with E-state index in [-0.39, 0.29) is 60.4 Å². The average molecular weight is 766 g/mol. The molecule has 8 rings (SSSR count). The normalized spacial score (nSPS) is 26.6. The molecule has 4 bridgehead atoms. The summed E-state index contributed by atoms with van der Waals surface area (Å²) in [5.41, 5.74) is 4.36. The summed E-state index contributed by atoms with van der Waals surface area (Å²) in [5.74, 6) is 3.69. The number of amides is 6. The quantitative estimate of drug-likeness (QED) is 0.241. The highest BCUT2D eigenvalue weighted by atomic mass is 16.7. The van der Waals surface area contributed by atoms with E-state index in [1.54, 1.807) is 0 Å². The van der Waals surface area contributed by atoms with Crippen LogP contribution in [0.4, 0.5) is 9.59 Å². The van der Waals surface area contributed by atoms with Crippen molar-refractivity contribution >= 4 is 35.6 Å². The van der Waals surface area contributed by atoms with Crippen LogP contribution in [-0.4, -0.2) is 117 Å². The van der Waals surface area contributed by atoms with E-state index in [0.717, 1.165) is 17.5 Å². The van der Waals surface area contributed by atoms with Crippen LogP contribution in [0.5, 0.6) is 0 Å². The number of carboxylic acids is 1. The lowest BCUT2D eigenvalue weighted by Crippen LogP contribution is -2.50. The van der Waals surface area contributed by atoms with E-state index in [4.69, 9.17) is 25.5 Å². The Morgan fingerprint density at radius 2 is 1.29 bits per heavy atom. The van der Waals surface area contributed by atoms with Crippen molar-refractivity contribution in [2.24, 2.45) is 5.90 Å². The maximum absolute atomic E-state index is 12.7. The Morgan fingerprint density at radius 1 is 0.745 bits per heavy atom. The van der Waals surface area contributed by atoms with E-state index in [1.165, 1.54) is 19.9 Å². The van der Waals surface area contributed by atoms with Gasteiger partial charge in [0, 0.05) is 32.5 Å². The van der Waals surface area contributed by atoms with E-state index in [1.807, 2.05) is 60.7 Å². The Balaban J connectivity index is 0.000000160. The Bertz CT molecular complexity index is 1690. The molecule has 18 nitrogen and oxygen atoms in total. The van der Waals surface area contributed by atoms with Crippen molar-refractivity contribution in [3.63, 3.8) is 0 Å². The molecule has 0 spiro atoms. The minimum Gasteiger partial charge on any atom is -0.480 e. The fourth-order valence-electron chi connectivity index (χ4n) is 7.33. The van der Waals surface area contributed by atoms with Crippen molar-refractivity contribution in [1.29, 1.82) is 0 Å². The van der Waals surface area contributed by atoms with Gasteiger partial charge in [-0.25, -0.2) is 25.8 Å². The number of aliphatic carboxylic acids is 1. The molecule has 5 aliphatic heterocycles. The van der Waals surface area contributed by atoms with Crippen LogP contribution in [0, 0.1) is 0 Å². The molecule has 6 aliphatic rings. The number of Topliss-reactive ketones (excluding diaryl/α,β-unsaturated/α-hetero) is 1. The third kappa shape index (κ3) is 9.95. The third-order valence-electron chi connectivity index (χ3n) is 10.3. The van der Waals surface area contributed by atoms with E-state index in [2.05, 4.69) is 15.6 Å². The van der Waals surface area contributed by atoms with Crippen molar-refractivity contribution in [3.05, 3.63) is 71.8 Å². The zero-order valence-corrected chi connectivity index (χ0v) is 30.3. The predicted octanol–water partition coefficient (Wildman–Crippen LogP) is 1.79.